The summed E-state index contributed by atoms with van der Waals surface area (Å²) in [5, 5.41) is 54.1. The molecule has 9 heteroatoms. The van der Waals surface area contributed by atoms with Crippen molar-refractivity contribution in [1.29, 1.82) is 0 Å². The summed E-state index contributed by atoms with van der Waals surface area (Å²) in [5.41, 5.74) is 0. The number of amides is 1. The Hall–Kier alpha value is -3.41. The van der Waals surface area contributed by atoms with Crippen molar-refractivity contribution in [3.05, 3.63) is 122 Å². The molecule has 7 unspecified atom stereocenters. The fourth-order valence-electron chi connectivity index (χ4n) is 6.44. The number of nitrogens with one attached hydrogen (secondary N) is 1. The number of aliphatic hydroxyl groups excluding tert-OH is 5. The van der Waals surface area contributed by atoms with Gasteiger partial charge in [-0.15, -0.1) is 0 Å². The molecule has 0 aromatic rings. The van der Waals surface area contributed by atoms with Crippen LogP contribution in [-0.2, 0) is 14.3 Å². The minimum atomic E-state index is -1.58. The van der Waals surface area contributed by atoms with E-state index in [0.717, 1.165) is 109 Å². The van der Waals surface area contributed by atoms with E-state index in [4.69, 9.17) is 9.47 Å². The highest BCUT2D eigenvalue weighted by Crippen LogP contribution is 2.22. The first kappa shape index (κ1) is 56.6. The van der Waals surface area contributed by atoms with Crippen LogP contribution in [0.4, 0.5) is 0 Å². The SMILES string of the molecule is CC/C=C\C/C=C\C/C=C\C/C=C\C/C=C\C/C=C\C/C=C\CCCCCCCC(=O)NC(COC1OC(CO)C(O)C(O)C1O)C(O)/C=C/CC/C=C/CC/C=C/CCCC. The van der Waals surface area contributed by atoms with E-state index in [1.54, 1.807) is 6.08 Å². The molecule has 0 bridgehead atoms. The van der Waals surface area contributed by atoms with Crippen molar-refractivity contribution in [3.63, 3.8) is 0 Å². The molecular formula is C53H85NO8. The molecule has 1 heterocycles. The lowest BCUT2D eigenvalue weighted by atomic mass is 9.99. The van der Waals surface area contributed by atoms with Gasteiger partial charge >= 0.3 is 0 Å². The second-order valence-electron chi connectivity index (χ2n) is 15.8. The van der Waals surface area contributed by atoms with Gasteiger partial charge in [0.05, 0.1) is 25.4 Å². The van der Waals surface area contributed by atoms with Crippen LogP contribution in [0.15, 0.2) is 122 Å². The van der Waals surface area contributed by atoms with E-state index >= 15 is 0 Å². The standard InChI is InChI=1S/C53H85NO8/c1-3-5-7-9-11-13-15-17-18-19-20-21-22-23-24-25-26-27-28-29-30-31-33-35-37-39-41-43-49(57)54-46(45-61-53-52(60)51(59)50(58)48(44-55)62-53)47(56)42-40-38-36-34-32-16-14-12-10-8-6-4-2/h5,7,10-13,17-18,20-21,23-24,26-27,29-30,32,34,40,42,46-48,50-53,55-56,58-60H,3-4,6,8-9,14-16,19,22,25,28,31,33,35-39,41,43-45H2,1-2H3,(H,54,57)/b7-5-,12-10+,13-11-,18-17-,21-20-,24-23-,27-26-,30-29-,34-32+,42-40+. The van der Waals surface area contributed by atoms with Crippen LogP contribution in [0.25, 0.3) is 0 Å². The molecule has 0 aromatic heterocycles. The van der Waals surface area contributed by atoms with Crippen LogP contribution >= 0.6 is 0 Å². The number of rotatable bonds is 37. The first-order valence-corrected chi connectivity index (χ1v) is 23.8. The molecule has 350 valence electrons. The zero-order chi connectivity index (χ0) is 45.1. The van der Waals surface area contributed by atoms with Crippen LogP contribution < -0.4 is 5.32 Å². The maximum absolute atomic E-state index is 13.0. The molecule has 1 saturated heterocycles. The molecule has 9 nitrogen and oxygen atoms in total. The second-order valence-corrected chi connectivity index (χ2v) is 15.8. The van der Waals surface area contributed by atoms with Gasteiger partial charge in [0.1, 0.15) is 24.4 Å². The molecule has 62 heavy (non-hydrogen) atoms. The van der Waals surface area contributed by atoms with Crippen molar-refractivity contribution in [3.8, 4) is 0 Å². The fourth-order valence-corrected chi connectivity index (χ4v) is 6.44. The first-order chi connectivity index (χ1) is 30.3. The highest BCUT2D eigenvalue weighted by Gasteiger charge is 2.44. The Morgan fingerprint density at radius 2 is 1.02 bits per heavy atom. The van der Waals surface area contributed by atoms with Crippen molar-refractivity contribution in [2.45, 2.75) is 192 Å². The third-order valence-corrected chi connectivity index (χ3v) is 10.2. The van der Waals surface area contributed by atoms with E-state index in [1.807, 2.05) is 6.08 Å². The largest absolute Gasteiger partial charge is 0.394 e. The van der Waals surface area contributed by atoms with Crippen LogP contribution in [0.3, 0.4) is 0 Å². The summed E-state index contributed by atoms with van der Waals surface area (Å²) in [4.78, 5) is 13.0. The highest BCUT2D eigenvalue weighted by atomic mass is 16.7. The Morgan fingerprint density at radius 3 is 1.55 bits per heavy atom. The summed E-state index contributed by atoms with van der Waals surface area (Å²) in [6.07, 6.45) is 55.3. The summed E-state index contributed by atoms with van der Waals surface area (Å²) >= 11 is 0. The third kappa shape index (κ3) is 31.4. The second kappa shape index (κ2) is 41.6. The summed E-state index contributed by atoms with van der Waals surface area (Å²) in [7, 11) is 0. The van der Waals surface area contributed by atoms with E-state index in [1.165, 1.54) is 12.8 Å². The van der Waals surface area contributed by atoms with Gasteiger partial charge in [-0.2, -0.15) is 0 Å². The molecule has 0 spiro atoms. The lowest BCUT2D eigenvalue weighted by Gasteiger charge is -2.40. The summed E-state index contributed by atoms with van der Waals surface area (Å²) in [5.74, 6) is -0.219. The zero-order valence-corrected chi connectivity index (χ0v) is 38.3. The Morgan fingerprint density at radius 1 is 0.565 bits per heavy atom. The van der Waals surface area contributed by atoms with Gasteiger partial charge in [0.2, 0.25) is 5.91 Å². The summed E-state index contributed by atoms with van der Waals surface area (Å²) in [6.45, 7) is 3.54. The van der Waals surface area contributed by atoms with Crippen LogP contribution in [0.2, 0.25) is 0 Å². The van der Waals surface area contributed by atoms with Crippen LogP contribution in [-0.4, -0.2) is 87.5 Å². The van der Waals surface area contributed by atoms with Crippen molar-refractivity contribution < 1.29 is 39.8 Å². The Labute approximate surface area is 376 Å². The number of carbonyl (C=O) groups is 1. The van der Waals surface area contributed by atoms with Gasteiger partial charge in [0.25, 0.3) is 0 Å². The normalized spacial score (nSPS) is 21.4. The predicted molar refractivity (Wildman–Crippen MR) is 257 cm³/mol. The van der Waals surface area contributed by atoms with E-state index in [2.05, 4.69) is 129 Å². The molecular weight excluding hydrogens is 779 g/mol. The van der Waals surface area contributed by atoms with Crippen LogP contribution in [0.5, 0.6) is 0 Å². The topological polar surface area (TPSA) is 149 Å². The van der Waals surface area contributed by atoms with Gasteiger partial charge in [-0.25, -0.2) is 0 Å². The number of allylic oxidation sites excluding steroid dienone is 19. The first-order valence-electron chi connectivity index (χ1n) is 23.8. The predicted octanol–water partition coefficient (Wildman–Crippen LogP) is 10.4. The van der Waals surface area contributed by atoms with Crippen LogP contribution in [0.1, 0.15) is 149 Å². The summed E-state index contributed by atoms with van der Waals surface area (Å²) in [6, 6.07) is -0.846. The van der Waals surface area contributed by atoms with Gasteiger partial charge in [-0.05, 0) is 96.3 Å². The number of unbranched alkanes of at least 4 members (excludes halogenated alkanes) is 9. The van der Waals surface area contributed by atoms with Crippen LogP contribution in [0, 0.1) is 0 Å². The molecule has 0 aliphatic carbocycles. The minimum Gasteiger partial charge on any atom is -0.394 e. The van der Waals surface area contributed by atoms with E-state index < -0.39 is 49.5 Å². The molecule has 1 rings (SSSR count). The van der Waals surface area contributed by atoms with Crippen molar-refractivity contribution in [2.24, 2.45) is 0 Å². The maximum atomic E-state index is 13.0. The zero-order valence-electron chi connectivity index (χ0n) is 38.3. The molecule has 0 saturated carbocycles. The monoisotopic (exact) mass is 864 g/mol. The van der Waals surface area contributed by atoms with Gasteiger partial charge in [0.15, 0.2) is 6.29 Å². The quantitative estimate of drug-likeness (QED) is 0.0267. The fraction of sp³-hybridized carbons (Fsp3) is 0.604. The summed E-state index contributed by atoms with van der Waals surface area (Å²) < 4.78 is 11.2. The van der Waals surface area contributed by atoms with Crippen molar-refractivity contribution in [2.75, 3.05) is 13.2 Å². The maximum Gasteiger partial charge on any atom is 0.220 e. The molecule has 6 N–H and O–H groups in total. The van der Waals surface area contributed by atoms with E-state index in [-0.39, 0.29) is 12.5 Å². The van der Waals surface area contributed by atoms with Gasteiger partial charge < -0.3 is 40.3 Å². The Bertz CT molecular complexity index is 1370. The average Bonchev–Trinajstić information content (AvgIpc) is 3.27. The highest BCUT2D eigenvalue weighted by molar-refractivity contribution is 5.76. The number of carbonyl (C=O) groups excluding carboxylic acids is 1. The third-order valence-electron chi connectivity index (χ3n) is 10.2. The van der Waals surface area contributed by atoms with Crippen molar-refractivity contribution in [1.82, 2.24) is 5.32 Å². The number of aliphatic hydroxyl groups is 5. The molecule has 1 aliphatic rings. The molecule has 7 atom stereocenters. The van der Waals surface area contributed by atoms with Crippen molar-refractivity contribution >= 4 is 5.91 Å². The van der Waals surface area contributed by atoms with Gasteiger partial charge in [-0.3, -0.25) is 4.79 Å². The smallest absolute Gasteiger partial charge is 0.220 e. The molecule has 1 aliphatic heterocycles. The van der Waals surface area contributed by atoms with Gasteiger partial charge in [0, 0.05) is 6.42 Å². The van der Waals surface area contributed by atoms with E-state index in [9.17, 15) is 30.3 Å². The molecule has 0 radical (unpaired) electrons. The Balaban J connectivity index is 2.33. The minimum absolute atomic E-state index is 0.219. The molecule has 1 fully saturated rings. The number of hydrogen-bond donors (Lipinski definition) is 6. The number of hydrogen-bond acceptors (Lipinski definition) is 8. The molecule has 0 aromatic carbocycles. The lowest BCUT2D eigenvalue weighted by Crippen LogP contribution is -2.60. The Kier molecular flexibility index (Phi) is 38.0. The average molecular weight is 864 g/mol. The number of ether oxygens (including phenoxy) is 2. The van der Waals surface area contributed by atoms with E-state index in [0.29, 0.717) is 12.8 Å². The lowest BCUT2D eigenvalue weighted by molar-refractivity contribution is -0.302. The van der Waals surface area contributed by atoms with Gasteiger partial charge in [-0.1, -0.05) is 167 Å². The molecule has 1 amide bonds.